The topological polar surface area (TPSA) is 32.3 Å². The van der Waals surface area contributed by atoms with E-state index in [1.165, 1.54) is 45.1 Å². The van der Waals surface area contributed by atoms with Gasteiger partial charge in [-0.2, -0.15) is 0 Å². The number of hydrogen-bond acceptors (Lipinski definition) is 2. The SMILES string of the molecule is CC1(C)CCCC(NCC2CCC(O)CC2)C1. The summed E-state index contributed by atoms with van der Waals surface area (Å²) in [4.78, 5) is 0. The molecule has 2 N–H and O–H groups in total. The van der Waals surface area contributed by atoms with Crippen molar-refractivity contribution < 1.29 is 5.11 Å². The van der Waals surface area contributed by atoms with E-state index in [-0.39, 0.29) is 6.10 Å². The maximum absolute atomic E-state index is 9.49. The molecule has 17 heavy (non-hydrogen) atoms. The summed E-state index contributed by atoms with van der Waals surface area (Å²) in [6, 6.07) is 0.741. The number of nitrogens with one attached hydrogen (secondary N) is 1. The first-order valence-corrected chi connectivity index (χ1v) is 7.47. The third-order valence-corrected chi connectivity index (χ3v) is 4.72. The summed E-state index contributed by atoms with van der Waals surface area (Å²) in [5, 5.41) is 13.3. The summed E-state index contributed by atoms with van der Waals surface area (Å²) in [5.74, 6) is 0.809. The Hall–Kier alpha value is -0.0800. The zero-order valence-corrected chi connectivity index (χ0v) is 11.5. The molecular formula is C15H29NO. The third-order valence-electron chi connectivity index (χ3n) is 4.72. The molecule has 2 fully saturated rings. The van der Waals surface area contributed by atoms with Gasteiger partial charge in [0.1, 0.15) is 0 Å². The molecule has 2 heteroatoms. The molecule has 0 aromatic heterocycles. The van der Waals surface area contributed by atoms with Gasteiger partial charge in [-0.1, -0.05) is 20.3 Å². The van der Waals surface area contributed by atoms with Crippen molar-refractivity contribution in [2.75, 3.05) is 6.54 Å². The Bertz CT molecular complexity index is 231. The molecule has 1 atom stereocenters. The van der Waals surface area contributed by atoms with Gasteiger partial charge in [0.05, 0.1) is 6.10 Å². The normalized spacial score (nSPS) is 37.9. The summed E-state index contributed by atoms with van der Waals surface area (Å²) >= 11 is 0. The summed E-state index contributed by atoms with van der Waals surface area (Å²) in [7, 11) is 0. The van der Waals surface area contributed by atoms with E-state index in [9.17, 15) is 5.11 Å². The van der Waals surface area contributed by atoms with Crippen LogP contribution in [0.5, 0.6) is 0 Å². The van der Waals surface area contributed by atoms with Crippen LogP contribution in [0.1, 0.15) is 65.2 Å². The van der Waals surface area contributed by atoms with Gasteiger partial charge >= 0.3 is 0 Å². The van der Waals surface area contributed by atoms with E-state index >= 15 is 0 Å². The van der Waals surface area contributed by atoms with Gasteiger partial charge in [0.15, 0.2) is 0 Å². The molecule has 2 nitrogen and oxygen atoms in total. The Morgan fingerprint density at radius 1 is 1.12 bits per heavy atom. The summed E-state index contributed by atoms with van der Waals surface area (Å²) in [5.41, 5.74) is 0.540. The highest BCUT2D eigenvalue weighted by Gasteiger charge is 2.28. The molecule has 0 amide bonds. The Balaban J connectivity index is 1.68. The van der Waals surface area contributed by atoms with Gasteiger partial charge in [0, 0.05) is 6.04 Å². The minimum atomic E-state index is -0.0140. The van der Waals surface area contributed by atoms with Gasteiger partial charge in [-0.25, -0.2) is 0 Å². The molecule has 0 aliphatic heterocycles. The second kappa shape index (κ2) is 5.71. The van der Waals surface area contributed by atoms with Gasteiger partial charge in [-0.15, -0.1) is 0 Å². The van der Waals surface area contributed by atoms with Crippen LogP contribution in [0, 0.1) is 11.3 Å². The van der Waals surface area contributed by atoms with Crippen LogP contribution < -0.4 is 5.32 Å². The molecule has 0 bridgehead atoms. The smallest absolute Gasteiger partial charge is 0.0540 e. The maximum atomic E-state index is 9.49. The lowest BCUT2D eigenvalue weighted by Crippen LogP contribution is -2.40. The van der Waals surface area contributed by atoms with E-state index in [0.717, 1.165) is 24.8 Å². The minimum absolute atomic E-state index is 0.0140. The van der Waals surface area contributed by atoms with Crippen molar-refractivity contribution in [3.63, 3.8) is 0 Å². The maximum Gasteiger partial charge on any atom is 0.0540 e. The molecule has 0 saturated heterocycles. The lowest BCUT2D eigenvalue weighted by Gasteiger charge is -2.37. The first-order valence-electron chi connectivity index (χ1n) is 7.47. The fourth-order valence-electron chi connectivity index (χ4n) is 3.55. The Labute approximate surface area is 106 Å². The van der Waals surface area contributed by atoms with Crippen LogP contribution in [0.25, 0.3) is 0 Å². The van der Waals surface area contributed by atoms with E-state index in [1.54, 1.807) is 0 Å². The first kappa shape index (κ1) is 13.4. The molecule has 0 aromatic rings. The van der Waals surface area contributed by atoms with Gasteiger partial charge in [-0.3, -0.25) is 0 Å². The average molecular weight is 239 g/mol. The van der Waals surface area contributed by atoms with Crippen LogP contribution >= 0.6 is 0 Å². The van der Waals surface area contributed by atoms with Crippen molar-refractivity contribution in [2.45, 2.75) is 77.4 Å². The highest BCUT2D eigenvalue weighted by atomic mass is 16.3. The fourth-order valence-corrected chi connectivity index (χ4v) is 3.55. The van der Waals surface area contributed by atoms with E-state index in [2.05, 4.69) is 19.2 Å². The van der Waals surface area contributed by atoms with Crippen molar-refractivity contribution in [3.05, 3.63) is 0 Å². The molecule has 2 rings (SSSR count). The molecule has 0 spiro atoms. The van der Waals surface area contributed by atoms with Gasteiger partial charge in [0.2, 0.25) is 0 Å². The molecule has 2 aliphatic carbocycles. The van der Waals surface area contributed by atoms with Crippen molar-refractivity contribution in [2.24, 2.45) is 11.3 Å². The molecule has 0 aromatic carbocycles. The lowest BCUT2D eigenvalue weighted by atomic mass is 9.75. The monoisotopic (exact) mass is 239 g/mol. The molecule has 2 saturated carbocycles. The van der Waals surface area contributed by atoms with Crippen LogP contribution in [0.2, 0.25) is 0 Å². The van der Waals surface area contributed by atoms with Crippen LogP contribution in [0.4, 0.5) is 0 Å². The van der Waals surface area contributed by atoms with E-state index < -0.39 is 0 Å². The number of aliphatic hydroxyl groups excluding tert-OH is 1. The predicted octanol–water partition coefficient (Wildman–Crippen LogP) is 3.10. The zero-order valence-electron chi connectivity index (χ0n) is 11.5. The number of hydrogen-bond donors (Lipinski definition) is 2. The van der Waals surface area contributed by atoms with Crippen LogP contribution in [-0.2, 0) is 0 Å². The highest BCUT2D eigenvalue weighted by Crippen LogP contribution is 2.35. The average Bonchev–Trinajstić information content (AvgIpc) is 2.27. The Morgan fingerprint density at radius 2 is 1.82 bits per heavy atom. The van der Waals surface area contributed by atoms with Gasteiger partial charge in [0.25, 0.3) is 0 Å². The second-order valence-corrected chi connectivity index (χ2v) is 7.04. The standard InChI is InChI=1S/C15H29NO/c1-15(2)9-3-4-13(10-15)16-11-12-5-7-14(17)8-6-12/h12-14,16-17H,3-11H2,1-2H3. The fraction of sp³-hybridized carbons (Fsp3) is 1.00. The van der Waals surface area contributed by atoms with Crippen molar-refractivity contribution >= 4 is 0 Å². The van der Waals surface area contributed by atoms with E-state index in [0.29, 0.717) is 5.41 Å². The Kier molecular flexibility index (Phi) is 4.48. The van der Waals surface area contributed by atoms with Crippen LogP contribution in [0.15, 0.2) is 0 Å². The van der Waals surface area contributed by atoms with Crippen molar-refractivity contribution in [3.8, 4) is 0 Å². The van der Waals surface area contributed by atoms with Crippen LogP contribution in [0.3, 0.4) is 0 Å². The summed E-state index contributed by atoms with van der Waals surface area (Å²) in [6.45, 7) is 5.98. The third kappa shape index (κ3) is 4.26. The molecule has 2 aliphatic rings. The van der Waals surface area contributed by atoms with E-state index in [4.69, 9.17) is 0 Å². The van der Waals surface area contributed by atoms with Crippen molar-refractivity contribution in [1.29, 1.82) is 0 Å². The molecule has 0 radical (unpaired) electrons. The number of rotatable bonds is 3. The second-order valence-electron chi connectivity index (χ2n) is 7.04. The predicted molar refractivity (Wildman–Crippen MR) is 72.0 cm³/mol. The quantitative estimate of drug-likeness (QED) is 0.793. The van der Waals surface area contributed by atoms with E-state index in [1.807, 2.05) is 0 Å². The lowest BCUT2D eigenvalue weighted by molar-refractivity contribution is 0.105. The zero-order chi connectivity index (χ0) is 12.3. The largest absolute Gasteiger partial charge is 0.393 e. The van der Waals surface area contributed by atoms with Gasteiger partial charge < -0.3 is 10.4 Å². The molecule has 1 unspecified atom stereocenters. The summed E-state index contributed by atoms with van der Waals surface area (Å²) < 4.78 is 0. The first-order chi connectivity index (χ1) is 8.05. The summed E-state index contributed by atoms with van der Waals surface area (Å²) in [6.07, 6.45) is 9.91. The van der Waals surface area contributed by atoms with Crippen LogP contribution in [-0.4, -0.2) is 23.8 Å². The number of aliphatic hydroxyl groups is 1. The van der Waals surface area contributed by atoms with Gasteiger partial charge in [-0.05, 0) is 62.8 Å². The minimum Gasteiger partial charge on any atom is -0.393 e. The highest BCUT2D eigenvalue weighted by molar-refractivity contribution is 4.84. The Morgan fingerprint density at radius 3 is 2.47 bits per heavy atom. The molecular weight excluding hydrogens is 210 g/mol. The molecule has 100 valence electrons. The van der Waals surface area contributed by atoms with Crippen molar-refractivity contribution in [1.82, 2.24) is 5.32 Å². The molecule has 0 heterocycles.